The molecule has 0 atom stereocenters. The Bertz CT molecular complexity index is 818. The minimum Gasteiger partial charge on any atom is -0.478 e. The van der Waals surface area contributed by atoms with Gasteiger partial charge in [0.25, 0.3) is 0 Å². The van der Waals surface area contributed by atoms with Crippen molar-refractivity contribution in [3.05, 3.63) is 41.7 Å². The number of benzene rings is 1. The van der Waals surface area contributed by atoms with Crippen molar-refractivity contribution in [2.75, 3.05) is 0 Å². The number of fused-ring (bicyclic) bond motifs is 1. The van der Waals surface area contributed by atoms with Crippen LogP contribution < -0.4 is 0 Å². The number of carbonyl (C=O) groups is 1. The van der Waals surface area contributed by atoms with Crippen molar-refractivity contribution in [2.24, 2.45) is 0 Å². The molecule has 0 spiro atoms. The molecule has 0 radical (unpaired) electrons. The molecule has 0 saturated carbocycles. The topological polar surface area (TPSA) is 85.8 Å². The Morgan fingerprint density at radius 1 is 1.38 bits per heavy atom. The fourth-order valence-corrected chi connectivity index (χ4v) is 2.44. The van der Waals surface area contributed by atoms with Gasteiger partial charge in [-0.25, -0.2) is 9.78 Å². The summed E-state index contributed by atoms with van der Waals surface area (Å²) < 4.78 is 3.91. The van der Waals surface area contributed by atoms with E-state index in [1.54, 1.807) is 18.5 Å². The first-order chi connectivity index (χ1) is 10.1. The number of aromatic nitrogens is 5. The monoisotopic (exact) mass is 285 g/mol. The average Bonchev–Trinajstić information content (AvgIpc) is 3.03. The second-order valence-corrected chi connectivity index (χ2v) is 4.76. The third kappa shape index (κ3) is 2.16. The lowest BCUT2D eigenvalue weighted by molar-refractivity contribution is 0.0699. The number of carboxylic acid groups (broad SMARTS) is 1. The summed E-state index contributed by atoms with van der Waals surface area (Å²) in [6, 6.07) is 5.17. The second-order valence-electron chi connectivity index (χ2n) is 4.76. The lowest BCUT2D eigenvalue weighted by Crippen LogP contribution is -2.09. The smallest absolute Gasteiger partial charge is 0.337 e. The minimum absolute atomic E-state index is 0.214. The Hall–Kier alpha value is -2.70. The van der Waals surface area contributed by atoms with Crippen LogP contribution in [-0.2, 0) is 13.1 Å². The number of hydrogen-bond acceptors (Lipinski definition) is 4. The lowest BCUT2D eigenvalue weighted by atomic mass is 10.2. The zero-order chi connectivity index (χ0) is 15.0. The highest BCUT2D eigenvalue weighted by molar-refractivity contribution is 6.01. The van der Waals surface area contributed by atoms with Gasteiger partial charge in [0.2, 0.25) is 0 Å². The summed E-state index contributed by atoms with van der Waals surface area (Å²) in [7, 11) is 0. The van der Waals surface area contributed by atoms with Crippen LogP contribution in [0.2, 0.25) is 0 Å². The summed E-state index contributed by atoms with van der Waals surface area (Å²) in [6.07, 6.45) is 1.69. The summed E-state index contributed by atoms with van der Waals surface area (Å²) in [5, 5.41) is 17.3. The first-order valence-electron chi connectivity index (χ1n) is 6.67. The standard InChI is InChI=1S/C14H15N5O2/c1-3-18-8-15-17-12(18)7-19-9(2)16-13-10(14(20)21)5-4-6-11(13)19/h4-6,8H,3,7H2,1-2H3,(H,20,21). The number of imidazole rings is 1. The molecule has 0 saturated heterocycles. The third-order valence-corrected chi connectivity index (χ3v) is 3.54. The molecule has 0 aliphatic rings. The largest absolute Gasteiger partial charge is 0.478 e. The van der Waals surface area contributed by atoms with Crippen molar-refractivity contribution in [2.45, 2.75) is 26.9 Å². The molecule has 0 unspecified atom stereocenters. The zero-order valence-corrected chi connectivity index (χ0v) is 11.8. The summed E-state index contributed by atoms with van der Waals surface area (Å²) in [5.74, 6) is 0.604. The van der Waals surface area contributed by atoms with E-state index in [2.05, 4.69) is 15.2 Å². The van der Waals surface area contributed by atoms with Gasteiger partial charge in [0.1, 0.15) is 17.7 Å². The molecule has 108 valence electrons. The molecule has 1 N–H and O–H groups in total. The van der Waals surface area contributed by atoms with Crippen LogP contribution in [0.4, 0.5) is 0 Å². The highest BCUT2D eigenvalue weighted by Gasteiger charge is 2.16. The van der Waals surface area contributed by atoms with E-state index in [-0.39, 0.29) is 5.56 Å². The normalized spacial score (nSPS) is 11.1. The number of aryl methyl sites for hydroxylation is 2. The van der Waals surface area contributed by atoms with E-state index in [1.165, 1.54) is 0 Å². The molecule has 0 bridgehead atoms. The molecular weight excluding hydrogens is 270 g/mol. The fourth-order valence-electron chi connectivity index (χ4n) is 2.44. The Balaban J connectivity index is 2.13. The predicted octanol–water partition coefficient (Wildman–Crippen LogP) is 1.70. The number of rotatable bonds is 4. The van der Waals surface area contributed by atoms with Gasteiger partial charge >= 0.3 is 5.97 Å². The van der Waals surface area contributed by atoms with Crippen molar-refractivity contribution in [3.63, 3.8) is 0 Å². The van der Waals surface area contributed by atoms with E-state index < -0.39 is 5.97 Å². The molecule has 3 aromatic rings. The first-order valence-corrected chi connectivity index (χ1v) is 6.67. The average molecular weight is 285 g/mol. The summed E-state index contributed by atoms with van der Waals surface area (Å²) in [5.41, 5.74) is 1.51. The highest BCUT2D eigenvalue weighted by Crippen LogP contribution is 2.21. The number of carboxylic acids is 1. The molecule has 0 fully saturated rings. The van der Waals surface area contributed by atoms with E-state index in [4.69, 9.17) is 0 Å². The molecule has 0 aliphatic carbocycles. The third-order valence-electron chi connectivity index (χ3n) is 3.54. The maximum atomic E-state index is 11.3. The summed E-state index contributed by atoms with van der Waals surface area (Å²) in [6.45, 7) is 5.18. The molecule has 0 amide bonds. The Morgan fingerprint density at radius 3 is 2.90 bits per heavy atom. The van der Waals surface area contributed by atoms with Crippen molar-refractivity contribution in [1.29, 1.82) is 0 Å². The van der Waals surface area contributed by atoms with E-state index in [0.717, 1.165) is 23.7 Å². The van der Waals surface area contributed by atoms with Crippen LogP contribution in [0.15, 0.2) is 24.5 Å². The van der Waals surface area contributed by atoms with Gasteiger partial charge in [-0.05, 0) is 26.0 Å². The van der Waals surface area contributed by atoms with Crippen LogP contribution in [0.1, 0.15) is 28.9 Å². The van der Waals surface area contributed by atoms with E-state index in [9.17, 15) is 9.90 Å². The Labute approximate surface area is 120 Å². The van der Waals surface area contributed by atoms with Crippen LogP contribution >= 0.6 is 0 Å². The van der Waals surface area contributed by atoms with Crippen molar-refractivity contribution >= 4 is 17.0 Å². The Kier molecular flexibility index (Phi) is 3.17. The van der Waals surface area contributed by atoms with Crippen molar-refractivity contribution in [3.8, 4) is 0 Å². The van der Waals surface area contributed by atoms with Gasteiger partial charge in [0.05, 0.1) is 17.6 Å². The maximum Gasteiger partial charge on any atom is 0.337 e. The highest BCUT2D eigenvalue weighted by atomic mass is 16.4. The van der Waals surface area contributed by atoms with Crippen LogP contribution in [0.3, 0.4) is 0 Å². The molecule has 2 heterocycles. The number of aromatic carboxylic acids is 1. The fraction of sp³-hybridized carbons (Fsp3) is 0.286. The number of para-hydroxylation sites is 1. The number of nitrogens with zero attached hydrogens (tertiary/aromatic N) is 5. The molecule has 7 heteroatoms. The second kappa shape index (κ2) is 5.01. The van der Waals surface area contributed by atoms with E-state index >= 15 is 0 Å². The summed E-state index contributed by atoms with van der Waals surface area (Å²) in [4.78, 5) is 15.7. The first kappa shape index (κ1) is 13.3. The van der Waals surface area contributed by atoms with E-state index in [0.29, 0.717) is 12.1 Å². The molecule has 2 aromatic heterocycles. The lowest BCUT2D eigenvalue weighted by Gasteiger charge is -2.07. The minimum atomic E-state index is -0.970. The van der Waals surface area contributed by atoms with Gasteiger partial charge in [-0.2, -0.15) is 0 Å². The predicted molar refractivity (Wildman–Crippen MR) is 76.2 cm³/mol. The molecular formula is C14H15N5O2. The van der Waals surface area contributed by atoms with Gasteiger partial charge in [0, 0.05) is 6.54 Å². The van der Waals surface area contributed by atoms with Gasteiger partial charge in [-0.15, -0.1) is 10.2 Å². The van der Waals surface area contributed by atoms with Crippen LogP contribution in [-0.4, -0.2) is 35.4 Å². The SMILES string of the molecule is CCn1cnnc1Cn1c(C)nc2c(C(=O)O)cccc21. The molecule has 1 aromatic carbocycles. The molecule has 0 aliphatic heterocycles. The molecule has 21 heavy (non-hydrogen) atoms. The van der Waals surface area contributed by atoms with Crippen LogP contribution in [0.25, 0.3) is 11.0 Å². The summed E-state index contributed by atoms with van der Waals surface area (Å²) >= 11 is 0. The van der Waals surface area contributed by atoms with Crippen molar-refractivity contribution < 1.29 is 9.90 Å². The van der Waals surface area contributed by atoms with Gasteiger partial charge < -0.3 is 14.2 Å². The van der Waals surface area contributed by atoms with Gasteiger partial charge in [-0.1, -0.05) is 6.07 Å². The van der Waals surface area contributed by atoms with Gasteiger partial charge in [-0.3, -0.25) is 0 Å². The molecule has 7 nitrogen and oxygen atoms in total. The van der Waals surface area contributed by atoms with E-state index in [1.807, 2.05) is 29.0 Å². The van der Waals surface area contributed by atoms with Crippen molar-refractivity contribution in [1.82, 2.24) is 24.3 Å². The maximum absolute atomic E-state index is 11.3. The zero-order valence-electron chi connectivity index (χ0n) is 11.8. The number of hydrogen-bond donors (Lipinski definition) is 1. The van der Waals surface area contributed by atoms with Gasteiger partial charge in [0.15, 0.2) is 5.82 Å². The van der Waals surface area contributed by atoms with Crippen LogP contribution in [0, 0.1) is 6.92 Å². The Morgan fingerprint density at radius 2 is 2.19 bits per heavy atom. The quantitative estimate of drug-likeness (QED) is 0.788. The molecule has 3 rings (SSSR count). The van der Waals surface area contributed by atoms with Crippen LogP contribution in [0.5, 0.6) is 0 Å².